The highest BCUT2D eigenvalue weighted by Gasteiger charge is 2.34. The Labute approximate surface area is 144 Å². The van der Waals surface area contributed by atoms with Crippen molar-refractivity contribution >= 4 is 5.91 Å². The highest BCUT2D eigenvalue weighted by molar-refractivity contribution is 5.98. The van der Waals surface area contributed by atoms with Crippen LogP contribution in [-0.4, -0.2) is 44.2 Å². The summed E-state index contributed by atoms with van der Waals surface area (Å²) in [6.45, 7) is 2.54. The molecule has 2 aromatic rings. The fourth-order valence-corrected chi connectivity index (χ4v) is 2.74. The Kier molecular flexibility index (Phi) is 4.65. The van der Waals surface area contributed by atoms with Gasteiger partial charge >= 0.3 is 5.63 Å². The molecule has 2 heterocycles. The summed E-state index contributed by atoms with van der Waals surface area (Å²) in [4.78, 5) is 25.7. The second-order valence-electron chi connectivity index (χ2n) is 5.71. The predicted octanol–water partition coefficient (Wildman–Crippen LogP) is 1.87. The third-order valence-electron chi connectivity index (χ3n) is 3.94. The van der Waals surface area contributed by atoms with Crippen LogP contribution in [0.3, 0.4) is 0 Å². The zero-order valence-electron chi connectivity index (χ0n) is 14.3. The topological polar surface area (TPSA) is 78.2 Å². The van der Waals surface area contributed by atoms with Gasteiger partial charge in [-0.05, 0) is 19.1 Å². The number of hydrogen-bond acceptors (Lipinski definition) is 6. The summed E-state index contributed by atoms with van der Waals surface area (Å²) >= 11 is 0. The molecule has 1 aromatic carbocycles. The number of amides is 1. The first-order valence-corrected chi connectivity index (χ1v) is 7.80. The number of benzene rings is 1. The molecular formula is C18H19NO6. The highest BCUT2D eigenvalue weighted by Crippen LogP contribution is 2.32. The molecule has 1 amide bonds. The van der Waals surface area contributed by atoms with Crippen molar-refractivity contribution in [3.8, 4) is 17.2 Å². The number of methoxy groups -OCH3 is 2. The maximum absolute atomic E-state index is 12.7. The van der Waals surface area contributed by atoms with Crippen molar-refractivity contribution in [2.75, 3.05) is 27.3 Å². The summed E-state index contributed by atoms with van der Waals surface area (Å²) in [5, 5.41) is 0. The summed E-state index contributed by atoms with van der Waals surface area (Å²) in [7, 11) is 3.03. The summed E-state index contributed by atoms with van der Waals surface area (Å²) in [6.07, 6.45) is -0.165. The van der Waals surface area contributed by atoms with Crippen LogP contribution < -0.4 is 19.8 Å². The van der Waals surface area contributed by atoms with Gasteiger partial charge in [0.2, 0.25) is 0 Å². The molecule has 0 spiro atoms. The van der Waals surface area contributed by atoms with Gasteiger partial charge in [0.05, 0.1) is 38.9 Å². The van der Waals surface area contributed by atoms with E-state index in [-0.39, 0.29) is 12.0 Å². The standard InChI is InChI=1S/C18H19NO6/c1-11-7-12(8-16(20)24-11)25-13-9-19(10-13)18(21)14-5-4-6-15(22-2)17(14)23-3/h4-8,13H,9-10H2,1-3H3. The van der Waals surface area contributed by atoms with Crippen molar-refractivity contribution in [2.45, 2.75) is 13.0 Å². The van der Waals surface area contributed by atoms with E-state index < -0.39 is 5.63 Å². The lowest BCUT2D eigenvalue weighted by molar-refractivity contribution is 0.0172. The maximum atomic E-state index is 12.7. The number of ether oxygens (including phenoxy) is 3. The lowest BCUT2D eigenvalue weighted by Gasteiger charge is -2.39. The third-order valence-corrected chi connectivity index (χ3v) is 3.94. The van der Waals surface area contributed by atoms with E-state index in [1.54, 1.807) is 36.1 Å². The van der Waals surface area contributed by atoms with E-state index in [0.717, 1.165) is 0 Å². The molecule has 1 saturated heterocycles. The molecule has 0 aliphatic carbocycles. The Morgan fingerprint density at radius 2 is 1.96 bits per heavy atom. The first-order valence-electron chi connectivity index (χ1n) is 7.80. The van der Waals surface area contributed by atoms with Gasteiger partial charge in [0.15, 0.2) is 11.5 Å². The molecule has 0 atom stereocenters. The minimum atomic E-state index is -0.455. The molecule has 25 heavy (non-hydrogen) atoms. The van der Waals surface area contributed by atoms with E-state index >= 15 is 0 Å². The van der Waals surface area contributed by atoms with E-state index in [9.17, 15) is 9.59 Å². The number of rotatable bonds is 5. The normalized spacial score (nSPS) is 14.0. The van der Waals surface area contributed by atoms with E-state index in [1.165, 1.54) is 20.3 Å². The first kappa shape index (κ1) is 16.9. The molecule has 1 aromatic heterocycles. The Morgan fingerprint density at radius 3 is 2.60 bits per heavy atom. The van der Waals surface area contributed by atoms with Crippen molar-refractivity contribution in [3.63, 3.8) is 0 Å². The fraction of sp³-hybridized carbons (Fsp3) is 0.333. The molecule has 132 valence electrons. The van der Waals surface area contributed by atoms with Crippen molar-refractivity contribution in [2.24, 2.45) is 0 Å². The molecule has 1 aliphatic heterocycles. The Morgan fingerprint density at radius 1 is 1.20 bits per heavy atom. The van der Waals surface area contributed by atoms with Crippen LogP contribution in [0, 0.1) is 6.92 Å². The van der Waals surface area contributed by atoms with E-state index in [2.05, 4.69) is 0 Å². The zero-order chi connectivity index (χ0) is 18.0. The lowest BCUT2D eigenvalue weighted by Crippen LogP contribution is -2.56. The average Bonchev–Trinajstić information content (AvgIpc) is 2.55. The first-order chi connectivity index (χ1) is 12.0. The smallest absolute Gasteiger partial charge is 0.339 e. The van der Waals surface area contributed by atoms with Crippen molar-refractivity contribution in [1.82, 2.24) is 4.90 Å². The van der Waals surface area contributed by atoms with Crippen molar-refractivity contribution in [3.05, 3.63) is 52.1 Å². The van der Waals surface area contributed by atoms with Gasteiger partial charge in [-0.15, -0.1) is 0 Å². The number of likely N-dealkylation sites (tertiary alicyclic amines) is 1. The molecule has 0 radical (unpaired) electrons. The van der Waals surface area contributed by atoms with Gasteiger partial charge in [0.25, 0.3) is 5.91 Å². The van der Waals surface area contributed by atoms with Crippen LogP contribution in [0.1, 0.15) is 16.1 Å². The number of hydrogen-bond donors (Lipinski definition) is 0. The average molecular weight is 345 g/mol. The van der Waals surface area contributed by atoms with Crippen LogP contribution in [0.25, 0.3) is 0 Å². The lowest BCUT2D eigenvalue weighted by atomic mass is 10.1. The summed E-state index contributed by atoms with van der Waals surface area (Å²) in [6, 6.07) is 8.12. The quantitative estimate of drug-likeness (QED) is 0.823. The van der Waals surface area contributed by atoms with Gasteiger partial charge in [0.1, 0.15) is 17.6 Å². The van der Waals surface area contributed by atoms with E-state index in [4.69, 9.17) is 18.6 Å². The van der Waals surface area contributed by atoms with Crippen LogP contribution in [0.5, 0.6) is 17.2 Å². The Balaban J connectivity index is 1.66. The molecule has 0 saturated carbocycles. The highest BCUT2D eigenvalue weighted by atomic mass is 16.5. The second kappa shape index (κ2) is 6.88. The van der Waals surface area contributed by atoms with Gasteiger partial charge in [-0.2, -0.15) is 0 Å². The molecule has 7 heteroatoms. The monoisotopic (exact) mass is 345 g/mol. The van der Waals surface area contributed by atoms with Gasteiger partial charge in [0, 0.05) is 6.07 Å². The van der Waals surface area contributed by atoms with Gasteiger partial charge in [-0.25, -0.2) is 4.79 Å². The number of carbonyl (C=O) groups excluding carboxylic acids is 1. The molecular weight excluding hydrogens is 326 g/mol. The fourth-order valence-electron chi connectivity index (χ4n) is 2.74. The van der Waals surface area contributed by atoms with Crippen molar-refractivity contribution in [1.29, 1.82) is 0 Å². The summed E-state index contributed by atoms with van der Waals surface area (Å²) in [5.74, 6) is 1.70. The van der Waals surface area contributed by atoms with Crippen LogP contribution in [0.2, 0.25) is 0 Å². The van der Waals surface area contributed by atoms with Crippen LogP contribution >= 0.6 is 0 Å². The van der Waals surface area contributed by atoms with E-state index in [1.807, 2.05) is 0 Å². The third kappa shape index (κ3) is 3.45. The maximum Gasteiger partial charge on any atom is 0.339 e. The minimum Gasteiger partial charge on any atom is -0.493 e. The number of carbonyl (C=O) groups is 1. The van der Waals surface area contributed by atoms with Crippen molar-refractivity contribution < 1.29 is 23.4 Å². The summed E-state index contributed by atoms with van der Waals surface area (Å²) in [5.41, 5.74) is -0.0140. The molecule has 3 rings (SSSR count). The van der Waals surface area contributed by atoms with Crippen LogP contribution in [0.15, 0.2) is 39.5 Å². The Hall–Kier alpha value is -2.96. The minimum absolute atomic E-state index is 0.153. The number of aryl methyl sites for hydroxylation is 1. The molecule has 7 nitrogen and oxygen atoms in total. The van der Waals surface area contributed by atoms with Gasteiger partial charge in [-0.3, -0.25) is 4.79 Å². The SMILES string of the molecule is COc1cccc(C(=O)N2CC(Oc3cc(C)oc(=O)c3)C2)c1OC. The van der Waals surface area contributed by atoms with E-state index in [0.29, 0.717) is 41.7 Å². The Bertz CT molecular complexity index is 838. The molecule has 0 unspecified atom stereocenters. The van der Waals surface area contributed by atoms with Crippen LogP contribution in [-0.2, 0) is 0 Å². The number of nitrogens with zero attached hydrogens (tertiary/aromatic N) is 1. The molecule has 0 bridgehead atoms. The number of para-hydroxylation sites is 1. The largest absolute Gasteiger partial charge is 0.493 e. The predicted molar refractivity (Wildman–Crippen MR) is 89.6 cm³/mol. The van der Waals surface area contributed by atoms with Gasteiger partial charge in [-0.1, -0.05) is 6.07 Å². The van der Waals surface area contributed by atoms with Crippen LogP contribution in [0.4, 0.5) is 0 Å². The molecule has 1 aliphatic rings. The summed E-state index contributed by atoms with van der Waals surface area (Å²) < 4.78 is 21.1. The molecule has 0 N–H and O–H groups in total. The molecule has 1 fully saturated rings. The van der Waals surface area contributed by atoms with Gasteiger partial charge < -0.3 is 23.5 Å². The second-order valence-corrected chi connectivity index (χ2v) is 5.71. The zero-order valence-corrected chi connectivity index (χ0v) is 14.3.